The Morgan fingerprint density at radius 1 is 0.643 bits per heavy atom. The van der Waals surface area contributed by atoms with Gasteiger partial charge < -0.3 is 15.3 Å². The number of benzene rings is 3. The molecule has 2 fully saturated rings. The first-order chi connectivity index (χ1) is 13.6. The first-order valence-corrected chi connectivity index (χ1v) is 9.95. The van der Waals surface area contributed by atoms with Gasteiger partial charge in [-0.05, 0) is 54.5 Å². The lowest BCUT2D eigenvalue weighted by Gasteiger charge is -2.17. The van der Waals surface area contributed by atoms with Crippen molar-refractivity contribution in [2.75, 3.05) is 0 Å². The number of hydrogen-bond acceptors (Lipinski definition) is 3. The average Bonchev–Trinajstić information content (AvgIpc) is 3.30. The van der Waals surface area contributed by atoms with Crippen LogP contribution in [0, 0.1) is 18.8 Å². The van der Waals surface area contributed by atoms with Gasteiger partial charge in [-0.25, -0.2) is 0 Å². The van der Waals surface area contributed by atoms with Crippen LogP contribution >= 0.6 is 0 Å². The highest BCUT2D eigenvalue weighted by Crippen LogP contribution is 2.51. The molecular formula is C25H26O3. The van der Waals surface area contributed by atoms with Crippen LogP contribution in [0.1, 0.15) is 31.2 Å². The van der Waals surface area contributed by atoms with E-state index in [-0.39, 0.29) is 17.2 Å². The van der Waals surface area contributed by atoms with Crippen LogP contribution < -0.4 is 0 Å². The highest BCUT2D eigenvalue weighted by atomic mass is 16.3. The van der Waals surface area contributed by atoms with Gasteiger partial charge >= 0.3 is 0 Å². The molecule has 144 valence electrons. The van der Waals surface area contributed by atoms with E-state index in [2.05, 4.69) is 0 Å². The first-order valence-electron chi connectivity index (χ1n) is 9.95. The number of aromatic hydroxyl groups is 3. The van der Waals surface area contributed by atoms with Crippen LogP contribution in [0.25, 0.3) is 22.3 Å². The third-order valence-electron chi connectivity index (χ3n) is 5.96. The molecule has 3 nitrogen and oxygen atoms in total. The zero-order valence-corrected chi connectivity index (χ0v) is 16.1. The number of rotatable bonds is 2. The summed E-state index contributed by atoms with van der Waals surface area (Å²) in [5.74, 6) is 2.70. The van der Waals surface area contributed by atoms with Crippen molar-refractivity contribution in [3.63, 3.8) is 0 Å². The number of para-hydroxylation sites is 2. The number of phenolic OH excluding ortho intramolecular Hbond substituents is 3. The van der Waals surface area contributed by atoms with Gasteiger partial charge in [0.2, 0.25) is 0 Å². The van der Waals surface area contributed by atoms with E-state index in [0.29, 0.717) is 22.3 Å². The molecule has 0 aliphatic heterocycles. The number of aryl methyl sites for hydroxylation is 1. The molecule has 2 aliphatic carbocycles. The van der Waals surface area contributed by atoms with Crippen LogP contribution in [0.3, 0.4) is 0 Å². The molecule has 3 aromatic rings. The Morgan fingerprint density at radius 2 is 1.18 bits per heavy atom. The second-order valence-corrected chi connectivity index (χ2v) is 7.87. The summed E-state index contributed by atoms with van der Waals surface area (Å²) in [4.78, 5) is 0. The summed E-state index contributed by atoms with van der Waals surface area (Å²) in [5, 5.41) is 30.7. The van der Waals surface area contributed by atoms with Gasteiger partial charge in [0.15, 0.2) is 0 Å². The van der Waals surface area contributed by atoms with Crippen molar-refractivity contribution < 1.29 is 15.3 Å². The quantitative estimate of drug-likeness (QED) is 0.497. The van der Waals surface area contributed by atoms with E-state index in [0.717, 1.165) is 5.56 Å². The van der Waals surface area contributed by atoms with Crippen molar-refractivity contribution in [2.45, 2.75) is 32.6 Å². The summed E-state index contributed by atoms with van der Waals surface area (Å²) in [7, 11) is 0. The molecular weight excluding hydrogens is 348 g/mol. The minimum atomic E-state index is 0.0605. The number of hydrogen-bond donors (Lipinski definition) is 3. The summed E-state index contributed by atoms with van der Waals surface area (Å²) >= 11 is 0. The predicted octanol–water partition coefficient (Wildman–Crippen LogP) is 6.25. The monoisotopic (exact) mass is 374 g/mol. The Labute approximate surface area is 165 Å². The molecule has 0 radical (unpaired) electrons. The Balaban J connectivity index is 0.000000268. The van der Waals surface area contributed by atoms with Crippen molar-refractivity contribution in [3.8, 4) is 39.5 Å². The molecule has 0 amide bonds. The van der Waals surface area contributed by atoms with E-state index in [1.165, 1.54) is 18.3 Å². The van der Waals surface area contributed by atoms with Crippen molar-refractivity contribution in [1.82, 2.24) is 0 Å². The molecule has 2 atom stereocenters. The van der Waals surface area contributed by atoms with Gasteiger partial charge in [-0.3, -0.25) is 0 Å². The molecule has 2 unspecified atom stereocenters. The molecule has 0 saturated heterocycles. The average molecular weight is 374 g/mol. The molecule has 3 heteroatoms. The van der Waals surface area contributed by atoms with Gasteiger partial charge in [0.05, 0.1) is 0 Å². The Morgan fingerprint density at radius 3 is 1.64 bits per heavy atom. The van der Waals surface area contributed by atoms with E-state index in [9.17, 15) is 15.3 Å². The fraction of sp³-hybridized carbons (Fsp3) is 0.280. The third kappa shape index (κ3) is 3.57. The Bertz CT molecular complexity index is 914. The topological polar surface area (TPSA) is 60.7 Å². The van der Waals surface area contributed by atoms with Crippen LogP contribution in [-0.4, -0.2) is 15.3 Å². The van der Waals surface area contributed by atoms with Crippen LogP contribution in [0.5, 0.6) is 17.2 Å². The number of fused-ring (bicyclic) bond motifs is 1. The standard InChI is InChI=1S/C19H16O3.C6H10/c1-12-10-11-17(22)19(14-7-3-5-9-16(14)21)18(12)13-6-2-4-8-15(13)20;1-2-5-4-6(5)3-1/h2-11,20-22H,1H3;5-6H,1-4H2. The lowest BCUT2D eigenvalue weighted by Crippen LogP contribution is -1.91. The maximum absolute atomic E-state index is 10.4. The second-order valence-electron chi connectivity index (χ2n) is 7.87. The summed E-state index contributed by atoms with van der Waals surface area (Å²) in [6, 6.07) is 17.2. The van der Waals surface area contributed by atoms with E-state index in [1.54, 1.807) is 73.9 Å². The summed E-state index contributed by atoms with van der Waals surface area (Å²) in [6.07, 6.45) is 6.24. The third-order valence-corrected chi connectivity index (χ3v) is 5.96. The second kappa shape index (κ2) is 7.59. The molecule has 2 saturated carbocycles. The molecule has 0 aromatic heterocycles. The van der Waals surface area contributed by atoms with Crippen molar-refractivity contribution in [3.05, 3.63) is 66.2 Å². The van der Waals surface area contributed by atoms with Gasteiger partial charge in [-0.15, -0.1) is 0 Å². The molecule has 0 heterocycles. The maximum atomic E-state index is 10.4. The predicted molar refractivity (Wildman–Crippen MR) is 112 cm³/mol. The van der Waals surface area contributed by atoms with Gasteiger partial charge in [0.25, 0.3) is 0 Å². The maximum Gasteiger partial charge on any atom is 0.124 e. The van der Waals surface area contributed by atoms with E-state index < -0.39 is 0 Å². The summed E-state index contributed by atoms with van der Waals surface area (Å²) in [5.41, 5.74) is 3.27. The Kier molecular flexibility index (Phi) is 4.99. The van der Waals surface area contributed by atoms with Crippen molar-refractivity contribution >= 4 is 0 Å². The molecule has 0 bridgehead atoms. The SMILES string of the molecule is C1CC2CC2C1.Cc1ccc(O)c(-c2ccccc2O)c1-c1ccccc1O. The minimum Gasteiger partial charge on any atom is -0.507 e. The fourth-order valence-electron chi connectivity index (χ4n) is 4.35. The Hall–Kier alpha value is -2.94. The van der Waals surface area contributed by atoms with Crippen LogP contribution in [0.2, 0.25) is 0 Å². The zero-order chi connectivity index (χ0) is 19.7. The highest BCUT2D eigenvalue weighted by molar-refractivity contribution is 5.93. The minimum absolute atomic E-state index is 0.0605. The molecule has 5 rings (SSSR count). The zero-order valence-electron chi connectivity index (χ0n) is 16.1. The molecule has 3 N–H and O–H groups in total. The van der Waals surface area contributed by atoms with Crippen molar-refractivity contribution in [2.24, 2.45) is 11.8 Å². The molecule has 0 spiro atoms. The summed E-state index contributed by atoms with van der Waals surface area (Å²) in [6.45, 7) is 1.91. The van der Waals surface area contributed by atoms with Crippen LogP contribution in [0.4, 0.5) is 0 Å². The van der Waals surface area contributed by atoms with Crippen LogP contribution in [-0.2, 0) is 0 Å². The highest BCUT2D eigenvalue weighted by Gasteiger charge is 2.40. The molecule has 28 heavy (non-hydrogen) atoms. The van der Waals surface area contributed by atoms with Gasteiger partial charge in [-0.1, -0.05) is 61.7 Å². The van der Waals surface area contributed by atoms with E-state index >= 15 is 0 Å². The van der Waals surface area contributed by atoms with E-state index in [4.69, 9.17) is 0 Å². The molecule has 3 aromatic carbocycles. The lowest BCUT2D eigenvalue weighted by atomic mass is 9.89. The smallest absolute Gasteiger partial charge is 0.124 e. The van der Waals surface area contributed by atoms with Gasteiger partial charge in [-0.2, -0.15) is 0 Å². The lowest BCUT2D eigenvalue weighted by molar-refractivity contribution is 0.468. The largest absolute Gasteiger partial charge is 0.507 e. The number of phenols is 3. The summed E-state index contributed by atoms with van der Waals surface area (Å²) < 4.78 is 0. The van der Waals surface area contributed by atoms with Gasteiger partial charge in [0, 0.05) is 16.7 Å². The normalized spacial score (nSPS) is 19.5. The van der Waals surface area contributed by atoms with Gasteiger partial charge in [0.1, 0.15) is 17.2 Å². The van der Waals surface area contributed by atoms with Crippen LogP contribution in [0.15, 0.2) is 60.7 Å². The van der Waals surface area contributed by atoms with E-state index in [1.807, 2.05) is 13.0 Å². The fourth-order valence-corrected chi connectivity index (χ4v) is 4.35. The first kappa shape index (κ1) is 18.4. The molecule has 2 aliphatic rings. The van der Waals surface area contributed by atoms with Crippen molar-refractivity contribution in [1.29, 1.82) is 0 Å².